The number of aliphatic carboxylic acids is 1. The molecule has 0 saturated carbocycles. The molecule has 2 aromatic rings. The number of aliphatic hydroxyl groups is 1. The maximum Gasteiger partial charge on any atom is 0.328 e. The molecule has 1 heterocycles. The number of methoxy groups -OCH3 is 3. The second-order valence-electron chi connectivity index (χ2n) is 7.46. The molecule has 0 radical (unpaired) electrons. The van der Waals surface area contributed by atoms with Crippen molar-refractivity contribution in [1.29, 1.82) is 0 Å². The molecule has 186 valence electrons. The highest BCUT2D eigenvalue weighted by Crippen LogP contribution is 2.39. The monoisotopic (exact) mass is 487 g/mol. The molecule has 0 spiro atoms. The standard InChI is InChI=1S/C24H25NO10/c1-12(26)22(24(29)30)25-21(27)11-34-14-5-6-15-17(9-14)35-20(23(15)28)8-13-7-18(32-3)19(33-4)10-16(13)31-2/h5-10,12,22,26H,11H2,1-4H3,(H,25,27)(H,29,30)/b20-8-/t12-,22+/m1/s1. The first-order valence-corrected chi connectivity index (χ1v) is 10.4. The third kappa shape index (κ3) is 5.64. The van der Waals surface area contributed by atoms with E-state index in [2.05, 4.69) is 5.32 Å². The second-order valence-corrected chi connectivity index (χ2v) is 7.46. The maximum atomic E-state index is 12.8. The number of carboxylic acid groups (broad SMARTS) is 1. The Morgan fingerprint density at radius 2 is 1.71 bits per heavy atom. The van der Waals surface area contributed by atoms with Gasteiger partial charge in [0, 0.05) is 17.7 Å². The smallest absolute Gasteiger partial charge is 0.328 e. The molecule has 3 rings (SSSR count). The van der Waals surface area contributed by atoms with Crippen LogP contribution in [-0.4, -0.2) is 68.0 Å². The van der Waals surface area contributed by atoms with Crippen molar-refractivity contribution < 1.29 is 48.3 Å². The molecule has 0 fully saturated rings. The van der Waals surface area contributed by atoms with Gasteiger partial charge in [0.25, 0.3) is 5.91 Å². The lowest BCUT2D eigenvalue weighted by Gasteiger charge is -2.17. The van der Waals surface area contributed by atoms with Crippen molar-refractivity contribution in [2.24, 2.45) is 0 Å². The molecular formula is C24H25NO10. The molecule has 11 heteroatoms. The number of hydrogen-bond donors (Lipinski definition) is 3. The van der Waals surface area contributed by atoms with Gasteiger partial charge in [-0.15, -0.1) is 0 Å². The minimum atomic E-state index is -1.46. The van der Waals surface area contributed by atoms with Crippen molar-refractivity contribution in [3.63, 3.8) is 0 Å². The summed E-state index contributed by atoms with van der Waals surface area (Å²) in [4.78, 5) is 35.9. The van der Waals surface area contributed by atoms with E-state index in [4.69, 9.17) is 28.8 Å². The molecule has 3 N–H and O–H groups in total. The summed E-state index contributed by atoms with van der Waals surface area (Å²) in [6.45, 7) is 0.742. The number of rotatable bonds is 10. The Labute approximate surface area is 200 Å². The van der Waals surface area contributed by atoms with Gasteiger partial charge in [0.2, 0.25) is 5.78 Å². The van der Waals surface area contributed by atoms with Gasteiger partial charge in [-0.25, -0.2) is 4.79 Å². The molecule has 1 amide bonds. The average Bonchev–Trinajstić information content (AvgIpc) is 3.14. The lowest BCUT2D eigenvalue weighted by atomic mass is 10.1. The highest BCUT2D eigenvalue weighted by molar-refractivity contribution is 6.14. The van der Waals surface area contributed by atoms with E-state index in [1.165, 1.54) is 52.5 Å². The van der Waals surface area contributed by atoms with Crippen LogP contribution in [-0.2, 0) is 9.59 Å². The molecule has 0 aromatic heterocycles. The lowest BCUT2D eigenvalue weighted by Crippen LogP contribution is -2.49. The Morgan fingerprint density at radius 3 is 2.31 bits per heavy atom. The number of hydrogen-bond acceptors (Lipinski definition) is 9. The number of fused-ring (bicyclic) bond motifs is 1. The zero-order valence-electron chi connectivity index (χ0n) is 19.5. The Bertz CT molecular complexity index is 1170. The van der Waals surface area contributed by atoms with Gasteiger partial charge in [0.15, 0.2) is 29.9 Å². The number of amides is 1. The van der Waals surface area contributed by atoms with E-state index in [-0.39, 0.29) is 23.0 Å². The summed E-state index contributed by atoms with van der Waals surface area (Å²) in [6.07, 6.45) is 0.226. The molecule has 0 unspecified atom stereocenters. The molecule has 0 bridgehead atoms. The van der Waals surface area contributed by atoms with Crippen LogP contribution < -0.4 is 29.0 Å². The number of nitrogens with one attached hydrogen (secondary N) is 1. The lowest BCUT2D eigenvalue weighted by molar-refractivity contribution is -0.145. The van der Waals surface area contributed by atoms with Crippen molar-refractivity contribution in [2.45, 2.75) is 19.1 Å². The van der Waals surface area contributed by atoms with Gasteiger partial charge in [-0.05, 0) is 31.2 Å². The van der Waals surface area contributed by atoms with Crippen LogP contribution in [0.25, 0.3) is 6.08 Å². The van der Waals surface area contributed by atoms with Gasteiger partial charge in [-0.3, -0.25) is 9.59 Å². The number of ether oxygens (including phenoxy) is 5. The maximum absolute atomic E-state index is 12.8. The zero-order chi connectivity index (χ0) is 25.7. The van der Waals surface area contributed by atoms with E-state index < -0.39 is 30.6 Å². The van der Waals surface area contributed by atoms with Crippen molar-refractivity contribution >= 4 is 23.7 Å². The largest absolute Gasteiger partial charge is 0.496 e. The van der Waals surface area contributed by atoms with Gasteiger partial charge in [-0.1, -0.05) is 0 Å². The van der Waals surface area contributed by atoms with E-state index in [1.807, 2.05) is 0 Å². The summed E-state index contributed by atoms with van der Waals surface area (Å²) in [6, 6.07) is 6.23. The SMILES string of the molecule is COc1cc(OC)c(OC)cc1/C=C1\Oc2cc(OCC(=O)N[C@H](C(=O)O)[C@@H](C)O)ccc2C1=O. The fourth-order valence-corrected chi connectivity index (χ4v) is 3.32. The summed E-state index contributed by atoms with van der Waals surface area (Å²) < 4.78 is 27.1. The first kappa shape index (κ1) is 25.4. The molecule has 11 nitrogen and oxygen atoms in total. The number of ketones is 1. The highest BCUT2D eigenvalue weighted by atomic mass is 16.5. The molecule has 1 aliphatic heterocycles. The van der Waals surface area contributed by atoms with E-state index in [0.29, 0.717) is 28.4 Å². The van der Waals surface area contributed by atoms with Crippen LogP contribution in [0.3, 0.4) is 0 Å². The van der Waals surface area contributed by atoms with Gasteiger partial charge in [0.05, 0.1) is 33.0 Å². The van der Waals surface area contributed by atoms with Gasteiger partial charge in [0.1, 0.15) is 17.2 Å². The average molecular weight is 487 g/mol. The second kappa shape index (κ2) is 10.8. The van der Waals surface area contributed by atoms with E-state index in [0.717, 1.165) is 0 Å². The van der Waals surface area contributed by atoms with Gasteiger partial charge < -0.3 is 39.2 Å². The van der Waals surface area contributed by atoms with Crippen LogP contribution in [0.1, 0.15) is 22.8 Å². The minimum absolute atomic E-state index is 0.0432. The Kier molecular flexibility index (Phi) is 7.82. The third-order valence-corrected chi connectivity index (χ3v) is 5.10. The minimum Gasteiger partial charge on any atom is -0.496 e. The predicted molar refractivity (Wildman–Crippen MR) is 122 cm³/mol. The summed E-state index contributed by atoms with van der Waals surface area (Å²) in [5.41, 5.74) is 0.827. The van der Waals surface area contributed by atoms with Crippen LogP contribution in [0, 0.1) is 0 Å². The molecule has 0 aliphatic carbocycles. The number of allylic oxidation sites excluding steroid dienone is 1. The van der Waals surface area contributed by atoms with Crippen molar-refractivity contribution in [1.82, 2.24) is 5.32 Å². The quantitative estimate of drug-likeness (QED) is 0.422. The fourth-order valence-electron chi connectivity index (χ4n) is 3.32. The summed E-state index contributed by atoms with van der Waals surface area (Å²) in [5, 5.41) is 20.7. The van der Waals surface area contributed by atoms with Crippen LogP contribution in [0.2, 0.25) is 0 Å². The molecular weight excluding hydrogens is 462 g/mol. The molecule has 2 aromatic carbocycles. The highest BCUT2D eigenvalue weighted by Gasteiger charge is 2.29. The Hall–Kier alpha value is -4.25. The first-order valence-electron chi connectivity index (χ1n) is 10.4. The fraction of sp³-hybridized carbons (Fsp3) is 0.292. The number of aliphatic hydroxyl groups excluding tert-OH is 1. The zero-order valence-corrected chi connectivity index (χ0v) is 19.5. The van der Waals surface area contributed by atoms with Crippen LogP contribution in [0.15, 0.2) is 36.1 Å². The molecule has 35 heavy (non-hydrogen) atoms. The number of carboxylic acids is 1. The first-order chi connectivity index (χ1) is 16.7. The molecule has 1 aliphatic rings. The summed E-state index contributed by atoms with van der Waals surface area (Å²) in [5.74, 6) is -0.634. The van der Waals surface area contributed by atoms with Crippen molar-refractivity contribution in [2.75, 3.05) is 27.9 Å². The number of Topliss-reactive ketones (excluding diaryl/α,β-unsaturated/α-hetero) is 1. The predicted octanol–water partition coefficient (Wildman–Crippen LogP) is 1.66. The molecule has 2 atom stereocenters. The van der Waals surface area contributed by atoms with Crippen molar-refractivity contribution in [3.05, 3.63) is 47.2 Å². The third-order valence-electron chi connectivity index (χ3n) is 5.10. The van der Waals surface area contributed by atoms with E-state index in [1.54, 1.807) is 12.1 Å². The van der Waals surface area contributed by atoms with Crippen molar-refractivity contribution in [3.8, 4) is 28.7 Å². The number of carbonyl (C=O) groups is 3. The number of benzene rings is 2. The van der Waals surface area contributed by atoms with Crippen LogP contribution in [0.4, 0.5) is 0 Å². The normalized spacial score (nSPS) is 15.0. The van der Waals surface area contributed by atoms with Crippen LogP contribution in [0.5, 0.6) is 28.7 Å². The van der Waals surface area contributed by atoms with Gasteiger partial charge >= 0.3 is 5.97 Å². The van der Waals surface area contributed by atoms with Gasteiger partial charge in [-0.2, -0.15) is 0 Å². The van der Waals surface area contributed by atoms with E-state index >= 15 is 0 Å². The summed E-state index contributed by atoms with van der Waals surface area (Å²) >= 11 is 0. The Balaban J connectivity index is 1.75. The Morgan fingerprint density at radius 1 is 1.06 bits per heavy atom. The number of carbonyl (C=O) groups excluding carboxylic acids is 2. The molecule has 0 saturated heterocycles. The summed E-state index contributed by atoms with van der Waals surface area (Å²) in [7, 11) is 4.47. The van der Waals surface area contributed by atoms with Crippen LogP contribution >= 0.6 is 0 Å². The topological polar surface area (TPSA) is 150 Å². The van der Waals surface area contributed by atoms with E-state index in [9.17, 15) is 19.5 Å².